The lowest BCUT2D eigenvalue weighted by Crippen LogP contribution is -2.28. The number of hydrogen-bond donors (Lipinski definition) is 0. The molecule has 0 saturated carbocycles. The Hall–Kier alpha value is -0.530. The van der Waals surface area contributed by atoms with Crippen molar-refractivity contribution in [3.63, 3.8) is 0 Å². The van der Waals surface area contributed by atoms with Crippen molar-refractivity contribution in [2.24, 2.45) is 23.7 Å². The summed E-state index contributed by atoms with van der Waals surface area (Å²) in [6.45, 7) is 10.7. The molecule has 14 heavy (non-hydrogen) atoms. The highest BCUT2D eigenvalue weighted by Crippen LogP contribution is 2.35. The van der Waals surface area contributed by atoms with Crippen LogP contribution in [0.15, 0.2) is 0 Å². The maximum atomic E-state index is 11.4. The quantitative estimate of drug-likeness (QED) is 0.652. The first-order valence-corrected chi connectivity index (χ1v) is 5.69. The monoisotopic (exact) mass is 198 g/mol. The average Bonchev–Trinajstić information content (AvgIpc) is 2.43. The van der Waals surface area contributed by atoms with E-state index in [-0.39, 0.29) is 18.0 Å². The van der Waals surface area contributed by atoms with E-state index in [1.54, 1.807) is 0 Å². The summed E-state index contributed by atoms with van der Waals surface area (Å²) in [5, 5.41) is 0. The van der Waals surface area contributed by atoms with E-state index in [1.807, 2.05) is 6.92 Å². The summed E-state index contributed by atoms with van der Waals surface area (Å²) < 4.78 is 5.43. The van der Waals surface area contributed by atoms with Crippen LogP contribution < -0.4 is 0 Å². The van der Waals surface area contributed by atoms with Crippen molar-refractivity contribution in [1.82, 2.24) is 0 Å². The molecule has 5 atom stereocenters. The van der Waals surface area contributed by atoms with Crippen LogP contribution in [0, 0.1) is 23.7 Å². The molecule has 0 aromatic heterocycles. The van der Waals surface area contributed by atoms with E-state index < -0.39 is 0 Å². The number of ether oxygens (including phenoxy) is 1. The van der Waals surface area contributed by atoms with Gasteiger partial charge in [-0.05, 0) is 11.8 Å². The maximum absolute atomic E-state index is 11.4. The molecule has 1 fully saturated rings. The second kappa shape index (κ2) is 4.33. The van der Waals surface area contributed by atoms with Crippen LogP contribution in [0.5, 0.6) is 0 Å². The van der Waals surface area contributed by atoms with Gasteiger partial charge in [-0.25, -0.2) is 0 Å². The third-order valence-electron chi connectivity index (χ3n) is 3.99. The molecular formula is C12H22O2. The molecule has 1 aliphatic rings. The standard InChI is InChI=1S/C12H22O2/c1-6-7(2)8(3)11-9(4)10(5)12(13)14-11/h7-11H,6H2,1-5H3. The van der Waals surface area contributed by atoms with Crippen LogP contribution in [-0.2, 0) is 9.53 Å². The molecule has 1 rings (SSSR count). The van der Waals surface area contributed by atoms with Crippen LogP contribution in [-0.4, -0.2) is 12.1 Å². The number of carbonyl (C=O) groups is 1. The molecule has 0 amide bonds. The Morgan fingerprint density at radius 2 is 1.93 bits per heavy atom. The molecule has 2 heteroatoms. The van der Waals surface area contributed by atoms with Gasteiger partial charge in [-0.15, -0.1) is 0 Å². The lowest BCUT2D eigenvalue weighted by atomic mass is 9.81. The molecule has 0 aromatic rings. The lowest BCUT2D eigenvalue weighted by molar-refractivity contribution is -0.146. The number of cyclic esters (lactones) is 1. The zero-order valence-electron chi connectivity index (χ0n) is 9.91. The second-order valence-electron chi connectivity index (χ2n) is 4.79. The zero-order valence-corrected chi connectivity index (χ0v) is 9.91. The van der Waals surface area contributed by atoms with Crippen molar-refractivity contribution in [3.05, 3.63) is 0 Å². The highest BCUT2D eigenvalue weighted by Gasteiger charge is 2.42. The van der Waals surface area contributed by atoms with Crippen LogP contribution in [0.2, 0.25) is 0 Å². The fourth-order valence-corrected chi connectivity index (χ4v) is 2.13. The van der Waals surface area contributed by atoms with Gasteiger partial charge in [0.15, 0.2) is 0 Å². The Labute approximate surface area is 87.0 Å². The van der Waals surface area contributed by atoms with Crippen molar-refractivity contribution in [2.75, 3.05) is 0 Å². The van der Waals surface area contributed by atoms with Crippen LogP contribution in [0.4, 0.5) is 0 Å². The van der Waals surface area contributed by atoms with Gasteiger partial charge in [0.25, 0.3) is 0 Å². The summed E-state index contributed by atoms with van der Waals surface area (Å²) in [5.41, 5.74) is 0. The minimum atomic E-state index is -0.0161. The summed E-state index contributed by atoms with van der Waals surface area (Å²) >= 11 is 0. The Morgan fingerprint density at radius 3 is 2.29 bits per heavy atom. The molecule has 82 valence electrons. The summed E-state index contributed by atoms with van der Waals surface area (Å²) in [5.74, 6) is 1.53. The molecule has 1 heterocycles. The van der Waals surface area contributed by atoms with Gasteiger partial charge >= 0.3 is 5.97 Å². The van der Waals surface area contributed by atoms with Gasteiger partial charge in [0.05, 0.1) is 5.92 Å². The van der Waals surface area contributed by atoms with Gasteiger partial charge < -0.3 is 4.74 Å². The highest BCUT2D eigenvalue weighted by molar-refractivity contribution is 5.74. The number of rotatable bonds is 3. The number of esters is 1. The Bertz CT molecular complexity index is 212. The summed E-state index contributed by atoms with van der Waals surface area (Å²) in [7, 11) is 0. The molecule has 0 spiro atoms. The first kappa shape index (κ1) is 11.5. The van der Waals surface area contributed by atoms with E-state index in [0.717, 1.165) is 6.42 Å². The Morgan fingerprint density at radius 1 is 1.36 bits per heavy atom. The Balaban J connectivity index is 2.66. The third kappa shape index (κ3) is 1.94. The first-order chi connectivity index (χ1) is 6.49. The molecular weight excluding hydrogens is 176 g/mol. The zero-order chi connectivity index (χ0) is 10.9. The normalized spacial score (nSPS) is 36.6. The van der Waals surface area contributed by atoms with Gasteiger partial charge in [0.1, 0.15) is 6.10 Å². The second-order valence-corrected chi connectivity index (χ2v) is 4.79. The number of carbonyl (C=O) groups excluding carboxylic acids is 1. The molecule has 2 nitrogen and oxygen atoms in total. The van der Waals surface area contributed by atoms with Gasteiger partial charge in [0.2, 0.25) is 0 Å². The average molecular weight is 198 g/mol. The first-order valence-electron chi connectivity index (χ1n) is 5.69. The van der Waals surface area contributed by atoms with Crippen molar-refractivity contribution in [2.45, 2.75) is 47.1 Å². The van der Waals surface area contributed by atoms with E-state index in [1.165, 1.54) is 0 Å². The van der Waals surface area contributed by atoms with Crippen LogP contribution in [0.25, 0.3) is 0 Å². The minimum absolute atomic E-state index is 0.0161. The molecule has 0 radical (unpaired) electrons. The smallest absolute Gasteiger partial charge is 0.309 e. The van der Waals surface area contributed by atoms with E-state index >= 15 is 0 Å². The summed E-state index contributed by atoms with van der Waals surface area (Å²) in [6, 6.07) is 0. The maximum Gasteiger partial charge on any atom is 0.309 e. The molecule has 1 aliphatic heterocycles. The predicted octanol–water partition coefficient (Wildman–Crippen LogP) is 2.87. The van der Waals surface area contributed by atoms with Crippen molar-refractivity contribution >= 4 is 5.97 Å². The molecule has 1 saturated heterocycles. The van der Waals surface area contributed by atoms with Gasteiger partial charge in [-0.1, -0.05) is 41.0 Å². The fraction of sp³-hybridized carbons (Fsp3) is 0.917. The lowest BCUT2D eigenvalue weighted by Gasteiger charge is -2.26. The highest BCUT2D eigenvalue weighted by atomic mass is 16.6. The third-order valence-corrected chi connectivity index (χ3v) is 3.99. The largest absolute Gasteiger partial charge is 0.462 e. The van der Waals surface area contributed by atoms with Crippen LogP contribution in [0.3, 0.4) is 0 Å². The summed E-state index contributed by atoms with van der Waals surface area (Å²) in [4.78, 5) is 11.4. The molecule has 0 bridgehead atoms. The van der Waals surface area contributed by atoms with E-state index in [0.29, 0.717) is 17.8 Å². The number of hydrogen-bond acceptors (Lipinski definition) is 2. The summed E-state index contributed by atoms with van der Waals surface area (Å²) in [6.07, 6.45) is 1.28. The topological polar surface area (TPSA) is 26.3 Å². The van der Waals surface area contributed by atoms with Gasteiger partial charge in [-0.2, -0.15) is 0 Å². The van der Waals surface area contributed by atoms with E-state index in [4.69, 9.17) is 4.74 Å². The van der Waals surface area contributed by atoms with Gasteiger partial charge in [0, 0.05) is 5.92 Å². The fourth-order valence-electron chi connectivity index (χ4n) is 2.13. The SMILES string of the molecule is CCC(C)C(C)C1OC(=O)C(C)C1C. The van der Waals surface area contributed by atoms with E-state index in [2.05, 4.69) is 27.7 Å². The van der Waals surface area contributed by atoms with E-state index in [9.17, 15) is 4.79 Å². The molecule has 0 aliphatic carbocycles. The molecule has 5 unspecified atom stereocenters. The molecule has 0 N–H and O–H groups in total. The molecule has 0 aromatic carbocycles. The minimum Gasteiger partial charge on any atom is -0.462 e. The van der Waals surface area contributed by atoms with Crippen molar-refractivity contribution in [1.29, 1.82) is 0 Å². The van der Waals surface area contributed by atoms with Crippen LogP contribution >= 0.6 is 0 Å². The van der Waals surface area contributed by atoms with Crippen molar-refractivity contribution in [3.8, 4) is 0 Å². The van der Waals surface area contributed by atoms with Crippen LogP contribution in [0.1, 0.15) is 41.0 Å². The Kier molecular flexibility index (Phi) is 3.57. The predicted molar refractivity (Wildman–Crippen MR) is 56.8 cm³/mol. The van der Waals surface area contributed by atoms with Crippen molar-refractivity contribution < 1.29 is 9.53 Å². The van der Waals surface area contributed by atoms with Gasteiger partial charge in [-0.3, -0.25) is 4.79 Å².